The molecule has 0 radical (unpaired) electrons. The van der Waals surface area contributed by atoms with Crippen LogP contribution in [0.25, 0.3) is 0 Å². The van der Waals surface area contributed by atoms with Crippen LogP contribution >= 0.6 is 0 Å². The second kappa shape index (κ2) is 5.52. The van der Waals surface area contributed by atoms with Gasteiger partial charge in [0.2, 0.25) is 11.7 Å². The molecule has 1 amide bonds. The molecule has 2 rings (SSSR count). The normalized spacial score (nSPS) is 14.8. The number of aromatic hydroxyl groups is 1. The smallest absolute Gasteiger partial charge is 0.297 e. The Labute approximate surface area is 117 Å². The van der Waals surface area contributed by atoms with Crippen LogP contribution in [0.4, 0.5) is 5.95 Å². The highest BCUT2D eigenvalue weighted by Crippen LogP contribution is 2.20. The summed E-state index contributed by atoms with van der Waals surface area (Å²) >= 11 is 0. The predicted molar refractivity (Wildman–Crippen MR) is 75.2 cm³/mol. The fourth-order valence-corrected chi connectivity index (χ4v) is 2.03. The summed E-state index contributed by atoms with van der Waals surface area (Å²) in [5, 5.41) is 12.6. The molecule has 1 heterocycles. The molecule has 20 heavy (non-hydrogen) atoms. The third-order valence-electron chi connectivity index (χ3n) is 3.71. The molecular weight excluding hydrogens is 260 g/mol. The SMILES string of the molecule is CCN(C)c1nc(C(=O)NC2CCC2)c(O)c(=O)n1C. The Bertz CT molecular complexity index is 578. The van der Waals surface area contributed by atoms with E-state index < -0.39 is 17.2 Å². The van der Waals surface area contributed by atoms with E-state index in [4.69, 9.17) is 0 Å². The summed E-state index contributed by atoms with van der Waals surface area (Å²) in [5.41, 5.74) is -0.815. The molecular formula is C13H20N4O3. The molecule has 110 valence electrons. The Morgan fingerprint density at radius 2 is 2.20 bits per heavy atom. The molecule has 0 unspecified atom stereocenters. The van der Waals surface area contributed by atoms with Gasteiger partial charge in [-0.15, -0.1) is 0 Å². The first-order valence-corrected chi connectivity index (χ1v) is 6.77. The number of hydrogen-bond donors (Lipinski definition) is 2. The molecule has 1 fully saturated rings. The van der Waals surface area contributed by atoms with Gasteiger partial charge in [0.05, 0.1) is 0 Å². The van der Waals surface area contributed by atoms with E-state index >= 15 is 0 Å². The Kier molecular flexibility index (Phi) is 3.96. The van der Waals surface area contributed by atoms with E-state index in [1.54, 1.807) is 11.9 Å². The molecule has 7 heteroatoms. The Morgan fingerprint density at radius 1 is 1.55 bits per heavy atom. The lowest BCUT2D eigenvalue weighted by molar-refractivity contribution is 0.0908. The number of carbonyl (C=O) groups is 1. The number of amides is 1. The number of carbonyl (C=O) groups excluding carboxylic acids is 1. The molecule has 0 aromatic carbocycles. The van der Waals surface area contributed by atoms with Crippen molar-refractivity contribution in [3.8, 4) is 5.75 Å². The Hall–Kier alpha value is -2.05. The molecule has 0 saturated heterocycles. The van der Waals surface area contributed by atoms with Crippen LogP contribution in [0.15, 0.2) is 4.79 Å². The zero-order valence-electron chi connectivity index (χ0n) is 12.0. The summed E-state index contributed by atoms with van der Waals surface area (Å²) in [6.45, 7) is 2.54. The van der Waals surface area contributed by atoms with Crippen LogP contribution in [-0.4, -0.2) is 40.2 Å². The number of aromatic nitrogens is 2. The van der Waals surface area contributed by atoms with Crippen LogP contribution in [0.1, 0.15) is 36.7 Å². The van der Waals surface area contributed by atoms with Gasteiger partial charge >= 0.3 is 0 Å². The van der Waals surface area contributed by atoms with Gasteiger partial charge < -0.3 is 15.3 Å². The third-order valence-corrected chi connectivity index (χ3v) is 3.71. The number of anilines is 1. The lowest BCUT2D eigenvalue weighted by Crippen LogP contribution is -2.41. The van der Waals surface area contributed by atoms with Crippen molar-refractivity contribution >= 4 is 11.9 Å². The molecule has 1 saturated carbocycles. The average molecular weight is 280 g/mol. The van der Waals surface area contributed by atoms with Gasteiger partial charge in [0.25, 0.3) is 11.5 Å². The molecule has 0 aliphatic heterocycles. The molecule has 1 aromatic heterocycles. The van der Waals surface area contributed by atoms with Crippen LogP contribution in [0.5, 0.6) is 5.75 Å². The topological polar surface area (TPSA) is 87.5 Å². The lowest BCUT2D eigenvalue weighted by atomic mass is 9.93. The van der Waals surface area contributed by atoms with Crippen molar-refractivity contribution in [1.82, 2.24) is 14.9 Å². The molecule has 0 spiro atoms. The second-order valence-electron chi connectivity index (χ2n) is 5.09. The standard InChI is InChI=1S/C13H20N4O3/c1-4-16(2)13-15-9(10(18)12(20)17(13)3)11(19)14-8-6-5-7-8/h8,18H,4-7H2,1-3H3,(H,14,19). The monoisotopic (exact) mass is 280 g/mol. The second-order valence-corrected chi connectivity index (χ2v) is 5.09. The van der Waals surface area contributed by atoms with Crippen LogP contribution < -0.4 is 15.8 Å². The zero-order valence-corrected chi connectivity index (χ0v) is 12.0. The van der Waals surface area contributed by atoms with Gasteiger partial charge in [-0.05, 0) is 26.2 Å². The van der Waals surface area contributed by atoms with Gasteiger partial charge in [-0.1, -0.05) is 0 Å². The highest BCUT2D eigenvalue weighted by Gasteiger charge is 2.25. The molecule has 1 aliphatic rings. The summed E-state index contributed by atoms with van der Waals surface area (Å²) < 4.78 is 1.24. The molecule has 0 atom stereocenters. The molecule has 2 N–H and O–H groups in total. The first-order valence-electron chi connectivity index (χ1n) is 6.77. The highest BCUT2D eigenvalue weighted by atomic mass is 16.3. The van der Waals surface area contributed by atoms with Crippen molar-refractivity contribution in [2.45, 2.75) is 32.2 Å². The third kappa shape index (κ3) is 2.48. The van der Waals surface area contributed by atoms with E-state index in [-0.39, 0.29) is 11.7 Å². The van der Waals surface area contributed by atoms with Crippen molar-refractivity contribution in [3.05, 3.63) is 16.0 Å². The quantitative estimate of drug-likeness (QED) is 0.824. The summed E-state index contributed by atoms with van der Waals surface area (Å²) in [5.74, 6) is -0.734. The van der Waals surface area contributed by atoms with Gasteiger partial charge in [0.15, 0.2) is 5.69 Å². The minimum Gasteiger partial charge on any atom is -0.501 e. The summed E-state index contributed by atoms with van der Waals surface area (Å²) in [7, 11) is 3.29. The van der Waals surface area contributed by atoms with E-state index in [1.165, 1.54) is 11.6 Å². The summed E-state index contributed by atoms with van der Waals surface area (Å²) in [6, 6.07) is 0.125. The maximum atomic E-state index is 12.1. The maximum absolute atomic E-state index is 12.1. The van der Waals surface area contributed by atoms with Crippen LogP contribution in [-0.2, 0) is 7.05 Å². The first-order chi connectivity index (χ1) is 9.45. The van der Waals surface area contributed by atoms with E-state index in [1.807, 2.05) is 6.92 Å². The number of nitrogens with zero attached hydrogens (tertiary/aromatic N) is 3. The van der Waals surface area contributed by atoms with Crippen molar-refractivity contribution in [1.29, 1.82) is 0 Å². The highest BCUT2D eigenvalue weighted by molar-refractivity contribution is 5.95. The molecule has 1 aliphatic carbocycles. The van der Waals surface area contributed by atoms with Crippen LogP contribution in [0.3, 0.4) is 0 Å². The van der Waals surface area contributed by atoms with Crippen molar-refractivity contribution in [3.63, 3.8) is 0 Å². The summed E-state index contributed by atoms with van der Waals surface area (Å²) in [6.07, 6.45) is 2.95. The molecule has 1 aromatic rings. The fraction of sp³-hybridized carbons (Fsp3) is 0.615. The minimum absolute atomic E-state index is 0.125. The van der Waals surface area contributed by atoms with Crippen molar-refractivity contribution < 1.29 is 9.90 Å². The summed E-state index contributed by atoms with van der Waals surface area (Å²) in [4.78, 5) is 29.9. The first kappa shape index (κ1) is 14.4. The van der Waals surface area contributed by atoms with Gasteiger partial charge in [-0.2, -0.15) is 0 Å². The Balaban J connectivity index is 2.38. The molecule has 7 nitrogen and oxygen atoms in total. The largest absolute Gasteiger partial charge is 0.501 e. The van der Waals surface area contributed by atoms with E-state index in [2.05, 4.69) is 10.3 Å². The van der Waals surface area contributed by atoms with Crippen molar-refractivity contribution in [2.24, 2.45) is 7.05 Å². The van der Waals surface area contributed by atoms with Gasteiger partial charge in [-0.25, -0.2) is 4.98 Å². The van der Waals surface area contributed by atoms with Crippen LogP contribution in [0, 0.1) is 0 Å². The van der Waals surface area contributed by atoms with Gasteiger partial charge in [0, 0.05) is 26.7 Å². The minimum atomic E-state index is -0.617. The maximum Gasteiger partial charge on any atom is 0.297 e. The van der Waals surface area contributed by atoms with Crippen molar-refractivity contribution in [2.75, 3.05) is 18.5 Å². The average Bonchev–Trinajstić information content (AvgIpc) is 2.39. The predicted octanol–water partition coefficient (Wildman–Crippen LogP) is 0.224. The van der Waals surface area contributed by atoms with E-state index in [9.17, 15) is 14.7 Å². The lowest BCUT2D eigenvalue weighted by Gasteiger charge is -2.26. The van der Waals surface area contributed by atoms with Gasteiger partial charge in [0.1, 0.15) is 0 Å². The van der Waals surface area contributed by atoms with E-state index in [0.717, 1.165) is 19.3 Å². The van der Waals surface area contributed by atoms with Gasteiger partial charge in [-0.3, -0.25) is 14.2 Å². The van der Waals surface area contributed by atoms with E-state index in [0.29, 0.717) is 12.5 Å². The van der Waals surface area contributed by atoms with Crippen LogP contribution in [0.2, 0.25) is 0 Å². The number of nitrogens with one attached hydrogen (secondary N) is 1. The molecule has 0 bridgehead atoms. The zero-order chi connectivity index (χ0) is 14.9. The number of hydrogen-bond acceptors (Lipinski definition) is 5. The number of rotatable bonds is 4. The fourth-order valence-electron chi connectivity index (χ4n) is 2.03. The Morgan fingerprint density at radius 3 is 2.70 bits per heavy atom.